The van der Waals surface area contributed by atoms with Gasteiger partial charge in [-0.2, -0.15) is 0 Å². The van der Waals surface area contributed by atoms with Crippen molar-refractivity contribution in [1.82, 2.24) is 10.2 Å². The van der Waals surface area contributed by atoms with E-state index >= 15 is 0 Å². The molecule has 1 aromatic heterocycles. The summed E-state index contributed by atoms with van der Waals surface area (Å²) in [7, 11) is 1.62. The van der Waals surface area contributed by atoms with Crippen LogP contribution >= 0.6 is 11.8 Å². The number of amidine groups is 1. The molecule has 0 radical (unpaired) electrons. The second kappa shape index (κ2) is 9.40. The molecule has 3 aromatic rings. The minimum atomic E-state index is -0.173. The van der Waals surface area contributed by atoms with Gasteiger partial charge in [-0.15, -0.1) is 10.2 Å². The van der Waals surface area contributed by atoms with Gasteiger partial charge in [-0.05, 0) is 60.9 Å². The Hall–Kier alpha value is -3.39. The van der Waals surface area contributed by atoms with Gasteiger partial charge in [0, 0.05) is 6.42 Å². The predicted octanol–water partition coefficient (Wildman–Crippen LogP) is 4.93. The number of anilines is 1. The third-order valence-corrected chi connectivity index (χ3v) is 5.77. The fourth-order valence-electron chi connectivity index (χ4n) is 3.37. The first-order valence-corrected chi connectivity index (χ1v) is 11.3. The maximum atomic E-state index is 13.4. The molecule has 164 valence electrons. The van der Waals surface area contributed by atoms with Gasteiger partial charge in [0.2, 0.25) is 11.8 Å². The number of aliphatic imine (C=N–C) groups is 1. The highest BCUT2D eigenvalue weighted by molar-refractivity contribution is 8.13. The van der Waals surface area contributed by atoms with E-state index in [1.165, 1.54) is 11.8 Å². The molecule has 1 amide bonds. The van der Waals surface area contributed by atoms with Gasteiger partial charge in [0.05, 0.1) is 18.6 Å². The number of aromatic nitrogens is 2. The molecule has 0 saturated heterocycles. The van der Waals surface area contributed by atoms with Crippen molar-refractivity contribution in [1.29, 1.82) is 0 Å². The number of ether oxygens (including phenoxy) is 1. The van der Waals surface area contributed by atoms with Crippen LogP contribution in [-0.2, 0) is 17.0 Å². The Morgan fingerprint density at radius 1 is 1.06 bits per heavy atom. The van der Waals surface area contributed by atoms with Crippen molar-refractivity contribution in [2.75, 3.05) is 12.0 Å². The van der Waals surface area contributed by atoms with Crippen LogP contribution in [0.3, 0.4) is 0 Å². The largest absolute Gasteiger partial charge is 0.497 e. The van der Waals surface area contributed by atoms with Crippen molar-refractivity contribution in [3.05, 3.63) is 76.6 Å². The van der Waals surface area contributed by atoms with Crippen molar-refractivity contribution in [3.8, 4) is 5.75 Å². The van der Waals surface area contributed by atoms with Crippen molar-refractivity contribution >= 4 is 34.6 Å². The molecule has 32 heavy (non-hydrogen) atoms. The maximum absolute atomic E-state index is 13.4. The number of carbonyl (C=O) groups is 1. The monoisotopic (exact) mass is 448 g/mol. The second-order valence-corrected chi connectivity index (χ2v) is 8.36. The number of amides is 1. The normalized spacial score (nSPS) is 14.9. The van der Waals surface area contributed by atoms with E-state index in [2.05, 4.69) is 21.3 Å². The molecular formula is C24H24N4O3S. The van der Waals surface area contributed by atoms with Gasteiger partial charge >= 0.3 is 0 Å². The molecule has 0 bridgehead atoms. The third kappa shape index (κ3) is 4.75. The molecule has 4 rings (SSSR count). The highest BCUT2D eigenvalue weighted by Crippen LogP contribution is 2.32. The average molecular weight is 449 g/mol. The minimum Gasteiger partial charge on any atom is -0.497 e. The van der Waals surface area contributed by atoms with E-state index in [0.29, 0.717) is 34.8 Å². The van der Waals surface area contributed by atoms with E-state index < -0.39 is 0 Å². The number of thioether (sulfide) groups is 1. The molecule has 7 nitrogen and oxygen atoms in total. The Morgan fingerprint density at radius 3 is 2.38 bits per heavy atom. The van der Waals surface area contributed by atoms with Gasteiger partial charge in [0.25, 0.3) is 5.91 Å². The van der Waals surface area contributed by atoms with Gasteiger partial charge in [-0.25, -0.2) is 4.99 Å². The topological polar surface area (TPSA) is 80.8 Å². The Labute approximate surface area is 191 Å². The van der Waals surface area contributed by atoms with E-state index in [9.17, 15) is 4.79 Å². The molecular weight excluding hydrogens is 424 g/mol. The van der Waals surface area contributed by atoms with Crippen LogP contribution in [0.4, 0.5) is 5.69 Å². The molecule has 0 unspecified atom stereocenters. The zero-order valence-electron chi connectivity index (χ0n) is 18.5. The lowest BCUT2D eigenvalue weighted by molar-refractivity contribution is -0.113. The van der Waals surface area contributed by atoms with Gasteiger partial charge < -0.3 is 9.15 Å². The molecule has 0 saturated carbocycles. The van der Waals surface area contributed by atoms with Crippen molar-refractivity contribution in [2.45, 2.75) is 32.9 Å². The zero-order chi connectivity index (χ0) is 22.7. The number of benzene rings is 2. The molecule has 0 spiro atoms. The third-order valence-electron chi connectivity index (χ3n) is 4.85. The standard InChI is InChI=1S/C24H24N4O3S/c1-5-21-26-27-22(31-21)14-32-24-25-20(13-17-6-8-19(30-4)9-7-17)23(29)28(24)18-11-15(2)10-16(3)12-18/h6-13H,5,14H2,1-4H3/b20-13-. The minimum absolute atomic E-state index is 0.173. The lowest BCUT2D eigenvalue weighted by Gasteiger charge is -2.18. The lowest BCUT2D eigenvalue weighted by atomic mass is 10.1. The number of hydrogen-bond donors (Lipinski definition) is 0. The Bertz CT molecular complexity index is 1180. The smallest absolute Gasteiger partial charge is 0.283 e. The van der Waals surface area contributed by atoms with Gasteiger partial charge in [0.15, 0.2) is 5.17 Å². The first kappa shape index (κ1) is 21.8. The van der Waals surface area contributed by atoms with E-state index in [0.717, 1.165) is 28.1 Å². The van der Waals surface area contributed by atoms with E-state index in [1.807, 2.05) is 57.2 Å². The van der Waals surface area contributed by atoms with Gasteiger partial charge in [0.1, 0.15) is 11.4 Å². The molecule has 0 aliphatic carbocycles. The van der Waals surface area contributed by atoms with Crippen LogP contribution < -0.4 is 9.64 Å². The van der Waals surface area contributed by atoms with Crippen molar-refractivity contribution < 1.29 is 13.9 Å². The Morgan fingerprint density at radius 2 is 1.75 bits per heavy atom. The lowest BCUT2D eigenvalue weighted by Crippen LogP contribution is -2.30. The average Bonchev–Trinajstić information content (AvgIpc) is 3.36. The predicted molar refractivity (Wildman–Crippen MR) is 127 cm³/mol. The summed E-state index contributed by atoms with van der Waals surface area (Å²) < 4.78 is 10.8. The molecule has 0 fully saturated rings. The summed E-state index contributed by atoms with van der Waals surface area (Å²) in [4.78, 5) is 19.7. The van der Waals surface area contributed by atoms with Gasteiger partial charge in [-0.1, -0.05) is 36.9 Å². The molecule has 8 heteroatoms. The Kier molecular flexibility index (Phi) is 6.41. The summed E-state index contributed by atoms with van der Waals surface area (Å²) in [5, 5.41) is 8.66. The molecule has 0 N–H and O–H groups in total. The molecule has 0 atom stereocenters. The highest BCUT2D eigenvalue weighted by atomic mass is 32.2. The summed E-state index contributed by atoms with van der Waals surface area (Å²) in [5.74, 6) is 2.11. The van der Waals surface area contributed by atoms with Gasteiger partial charge in [-0.3, -0.25) is 9.69 Å². The van der Waals surface area contributed by atoms with E-state index in [-0.39, 0.29) is 5.91 Å². The zero-order valence-corrected chi connectivity index (χ0v) is 19.3. The summed E-state index contributed by atoms with van der Waals surface area (Å²) in [6.45, 7) is 5.99. The number of rotatable bonds is 6. The summed E-state index contributed by atoms with van der Waals surface area (Å²) in [6, 6.07) is 13.5. The van der Waals surface area contributed by atoms with Crippen LogP contribution in [0, 0.1) is 13.8 Å². The quantitative estimate of drug-likeness (QED) is 0.497. The van der Waals surface area contributed by atoms with Crippen LogP contribution in [0.15, 0.2) is 57.6 Å². The second-order valence-electron chi connectivity index (χ2n) is 7.42. The number of hydrogen-bond acceptors (Lipinski definition) is 7. The summed E-state index contributed by atoms with van der Waals surface area (Å²) >= 11 is 1.40. The fourth-order valence-corrected chi connectivity index (χ4v) is 4.22. The van der Waals surface area contributed by atoms with Crippen LogP contribution in [0.1, 0.15) is 35.4 Å². The molecule has 1 aliphatic heterocycles. The van der Waals surface area contributed by atoms with Crippen molar-refractivity contribution in [2.24, 2.45) is 4.99 Å². The van der Waals surface area contributed by atoms with E-state index in [1.54, 1.807) is 18.1 Å². The van der Waals surface area contributed by atoms with Crippen LogP contribution in [0.5, 0.6) is 5.75 Å². The summed E-state index contributed by atoms with van der Waals surface area (Å²) in [6.07, 6.45) is 2.47. The van der Waals surface area contributed by atoms with Crippen LogP contribution in [-0.4, -0.2) is 28.4 Å². The number of aryl methyl sites for hydroxylation is 3. The highest BCUT2D eigenvalue weighted by Gasteiger charge is 2.32. The van der Waals surface area contributed by atoms with Crippen molar-refractivity contribution in [3.63, 3.8) is 0 Å². The van der Waals surface area contributed by atoms with Crippen LogP contribution in [0.2, 0.25) is 0 Å². The first-order valence-electron chi connectivity index (χ1n) is 10.3. The fraction of sp³-hybridized carbons (Fsp3) is 0.250. The van der Waals surface area contributed by atoms with Crippen LogP contribution in [0.25, 0.3) is 6.08 Å². The molecule has 2 heterocycles. The summed E-state index contributed by atoms with van der Waals surface area (Å²) in [5.41, 5.74) is 4.19. The molecule has 2 aromatic carbocycles. The maximum Gasteiger partial charge on any atom is 0.283 e. The number of nitrogens with zero attached hydrogens (tertiary/aromatic N) is 4. The Balaban J connectivity index is 1.66. The SMILES string of the molecule is CCc1nnc(CSC2=N/C(=C\c3ccc(OC)cc3)C(=O)N2c2cc(C)cc(C)c2)o1. The molecule has 1 aliphatic rings. The number of carbonyl (C=O) groups excluding carboxylic acids is 1. The number of methoxy groups -OCH3 is 1. The first-order chi connectivity index (χ1) is 15.5. The van der Waals surface area contributed by atoms with E-state index in [4.69, 9.17) is 9.15 Å².